The van der Waals surface area contributed by atoms with Crippen LogP contribution in [0.3, 0.4) is 0 Å². The summed E-state index contributed by atoms with van der Waals surface area (Å²) in [6.07, 6.45) is -0.284. The SMILES string of the molecule is O=C(Cc1ccccc1)N1CC[C@](O)(CNCc2ccccc2)[C@@H](O)C1. The van der Waals surface area contributed by atoms with E-state index in [0.29, 0.717) is 32.5 Å². The maximum atomic E-state index is 12.4. The van der Waals surface area contributed by atoms with Crippen molar-refractivity contribution >= 4 is 5.91 Å². The zero-order valence-electron chi connectivity index (χ0n) is 14.8. The molecule has 0 unspecified atom stereocenters. The van der Waals surface area contributed by atoms with Crippen LogP contribution < -0.4 is 5.32 Å². The maximum Gasteiger partial charge on any atom is 0.227 e. The van der Waals surface area contributed by atoms with Gasteiger partial charge < -0.3 is 20.4 Å². The van der Waals surface area contributed by atoms with E-state index in [4.69, 9.17) is 0 Å². The Morgan fingerprint density at radius 3 is 2.31 bits per heavy atom. The van der Waals surface area contributed by atoms with Crippen LogP contribution in [0.15, 0.2) is 60.7 Å². The molecule has 1 saturated heterocycles. The number of benzene rings is 2. The van der Waals surface area contributed by atoms with Gasteiger partial charge in [-0.15, -0.1) is 0 Å². The van der Waals surface area contributed by atoms with Crippen LogP contribution in [0.25, 0.3) is 0 Å². The first-order chi connectivity index (χ1) is 12.6. The van der Waals surface area contributed by atoms with Gasteiger partial charge in [0.15, 0.2) is 0 Å². The molecule has 0 aromatic heterocycles. The van der Waals surface area contributed by atoms with Crippen molar-refractivity contribution in [3.63, 3.8) is 0 Å². The highest BCUT2D eigenvalue weighted by molar-refractivity contribution is 5.79. The largest absolute Gasteiger partial charge is 0.388 e. The van der Waals surface area contributed by atoms with Gasteiger partial charge in [-0.25, -0.2) is 0 Å². The molecule has 2 aromatic rings. The van der Waals surface area contributed by atoms with Gasteiger partial charge in [0, 0.05) is 26.2 Å². The zero-order valence-corrected chi connectivity index (χ0v) is 14.8. The third-order valence-electron chi connectivity index (χ3n) is 4.98. The number of rotatable bonds is 6. The minimum absolute atomic E-state index is 0.0189. The van der Waals surface area contributed by atoms with Crippen LogP contribution in [0.4, 0.5) is 0 Å². The van der Waals surface area contributed by atoms with E-state index in [9.17, 15) is 15.0 Å². The maximum absolute atomic E-state index is 12.4. The lowest BCUT2D eigenvalue weighted by atomic mass is 9.88. The number of nitrogens with one attached hydrogen (secondary N) is 1. The Kier molecular flexibility index (Phi) is 6.04. The highest BCUT2D eigenvalue weighted by Gasteiger charge is 2.41. The molecule has 5 nitrogen and oxygen atoms in total. The molecule has 1 fully saturated rings. The predicted octanol–water partition coefficient (Wildman–Crippen LogP) is 1.34. The summed E-state index contributed by atoms with van der Waals surface area (Å²) in [6, 6.07) is 19.5. The number of carbonyl (C=O) groups is 1. The average Bonchev–Trinajstić information content (AvgIpc) is 2.66. The molecule has 138 valence electrons. The number of carbonyl (C=O) groups excluding carboxylic acids is 1. The van der Waals surface area contributed by atoms with Crippen LogP contribution >= 0.6 is 0 Å². The van der Waals surface area contributed by atoms with Crippen molar-refractivity contribution in [3.8, 4) is 0 Å². The van der Waals surface area contributed by atoms with Crippen molar-refractivity contribution in [1.29, 1.82) is 0 Å². The second-order valence-electron chi connectivity index (χ2n) is 6.96. The van der Waals surface area contributed by atoms with Crippen molar-refractivity contribution in [1.82, 2.24) is 10.2 Å². The van der Waals surface area contributed by atoms with Gasteiger partial charge >= 0.3 is 0 Å². The third kappa shape index (κ3) is 4.69. The number of hydrogen-bond acceptors (Lipinski definition) is 4. The van der Waals surface area contributed by atoms with E-state index >= 15 is 0 Å². The Morgan fingerprint density at radius 1 is 1.08 bits per heavy atom. The van der Waals surface area contributed by atoms with Gasteiger partial charge in [0.05, 0.1) is 6.42 Å². The first kappa shape index (κ1) is 18.6. The van der Waals surface area contributed by atoms with E-state index in [0.717, 1.165) is 11.1 Å². The van der Waals surface area contributed by atoms with Crippen LogP contribution in [-0.4, -0.2) is 52.4 Å². The fourth-order valence-corrected chi connectivity index (χ4v) is 3.30. The van der Waals surface area contributed by atoms with E-state index in [1.54, 1.807) is 4.90 Å². The Labute approximate surface area is 154 Å². The first-order valence-electron chi connectivity index (χ1n) is 9.04. The van der Waals surface area contributed by atoms with Crippen LogP contribution in [-0.2, 0) is 17.8 Å². The number of piperidine rings is 1. The predicted molar refractivity (Wildman–Crippen MR) is 100 cm³/mol. The molecule has 0 saturated carbocycles. The topological polar surface area (TPSA) is 72.8 Å². The van der Waals surface area contributed by atoms with Crippen LogP contribution in [0.5, 0.6) is 0 Å². The fourth-order valence-electron chi connectivity index (χ4n) is 3.30. The molecule has 0 bridgehead atoms. The minimum Gasteiger partial charge on any atom is -0.388 e. The second kappa shape index (κ2) is 8.45. The van der Waals surface area contributed by atoms with Crippen molar-refractivity contribution in [3.05, 3.63) is 71.8 Å². The Morgan fingerprint density at radius 2 is 1.69 bits per heavy atom. The lowest BCUT2D eigenvalue weighted by Crippen LogP contribution is -2.60. The summed E-state index contributed by atoms with van der Waals surface area (Å²) in [5.74, 6) is -0.0189. The van der Waals surface area contributed by atoms with Crippen LogP contribution in [0.1, 0.15) is 17.5 Å². The summed E-state index contributed by atoms with van der Waals surface area (Å²) in [5, 5.41) is 24.4. The van der Waals surface area contributed by atoms with Gasteiger partial charge in [0.1, 0.15) is 11.7 Å². The number of aliphatic hydroxyl groups is 2. The molecule has 1 aliphatic heterocycles. The summed E-state index contributed by atoms with van der Waals surface area (Å²) < 4.78 is 0. The van der Waals surface area contributed by atoms with Crippen molar-refractivity contribution in [2.24, 2.45) is 0 Å². The highest BCUT2D eigenvalue weighted by atomic mass is 16.3. The van der Waals surface area contributed by atoms with E-state index in [1.165, 1.54) is 0 Å². The normalized spacial score (nSPS) is 23.0. The first-order valence-corrected chi connectivity index (χ1v) is 9.04. The van der Waals surface area contributed by atoms with Gasteiger partial charge in [-0.1, -0.05) is 60.7 Å². The van der Waals surface area contributed by atoms with E-state index in [1.807, 2.05) is 60.7 Å². The van der Waals surface area contributed by atoms with Crippen LogP contribution in [0, 0.1) is 0 Å². The van der Waals surface area contributed by atoms with Gasteiger partial charge in [-0.2, -0.15) is 0 Å². The van der Waals surface area contributed by atoms with Crippen molar-refractivity contribution in [2.75, 3.05) is 19.6 Å². The third-order valence-corrected chi connectivity index (χ3v) is 4.98. The number of hydrogen-bond donors (Lipinski definition) is 3. The Bertz CT molecular complexity index is 708. The number of likely N-dealkylation sites (tertiary alicyclic amines) is 1. The molecule has 0 radical (unpaired) electrons. The molecule has 0 spiro atoms. The van der Waals surface area contributed by atoms with Gasteiger partial charge in [0.2, 0.25) is 5.91 Å². The lowest BCUT2D eigenvalue weighted by Gasteiger charge is -2.42. The van der Waals surface area contributed by atoms with Crippen molar-refractivity contribution in [2.45, 2.75) is 31.1 Å². The molecule has 2 aromatic carbocycles. The molecule has 26 heavy (non-hydrogen) atoms. The standard InChI is InChI=1S/C21H26N2O3/c24-19-15-23(20(25)13-17-7-3-1-4-8-17)12-11-21(19,26)16-22-14-18-9-5-2-6-10-18/h1-10,19,22,24,26H,11-16H2/t19-,21-/m0/s1. The molecule has 3 N–H and O–H groups in total. The number of amides is 1. The molecule has 5 heteroatoms. The number of nitrogens with zero attached hydrogens (tertiary/aromatic N) is 1. The lowest BCUT2D eigenvalue weighted by molar-refractivity contribution is -0.148. The smallest absolute Gasteiger partial charge is 0.227 e. The van der Waals surface area contributed by atoms with Gasteiger partial charge in [0.25, 0.3) is 0 Å². The van der Waals surface area contributed by atoms with E-state index in [-0.39, 0.29) is 12.5 Å². The fraction of sp³-hybridized carbons (Fsp3) is 0.381. The molecular formula is C21H26N2O3. The molecule has 3 rings (SSSR count). The second-order valence-corrected chi connectivity index (χ2v) is 6.96. The minimum atomic E-state index is -1.21. The molecule has 1 heterocycles. The molecule has 2 atom stereocenters. The summed E-state index contributed by atoms with van der Waals surface area (Å²) in [5.41, 5.74) is 0.872. The van der Waals surface area contributed by atoms with E-state index in [2.05, 4.69) is 5.32 Å². The van der Waals surface area contributed by atoms with Gasteiger partial charge in [-0.05, 0) is 17.5 Å². The van der Waals surface area contributed by atoms with E-state index < -0.39 is 11.7 Å². The quantitative estimate of drug-likeness (QED) is 0.732. The van der Waals surface area contributed by atoms with Crippen molar-refractivity contribution < 1.29 is 15.0 Å². The Hall–Kier alpha value is -2.21. The van der Waals surface area contributed by atoms with Crippen LogP contribution in [0.2, 0.25) is 0 Å². The molecule has 1 amide bonds. The zero-order chi connectivity index (χ0) is 18.4. The summed E-state index contributed by atoms with van der Waals surface area (Å²) >= 11 is 0. The molecule has 0 aliphatic carbocycles. The highest BCUT2D eigenvalue weighted by Crippen LogP contribution is 2.23. The average molecular weight is 354 g/mol. The number of β-amino-alcohol motifs (C(OH)–C–C–N with tert-alkyl or cyclic N) is 1. The molecular weight excluding hydrogens is 328 g/mol. The molecule has 1 aliphatic rings. The summed E-state index contributed by atoms with van der Waals surface area (Å²) in [7, 11) is 0. The van der Waals surface area contributed by atoms with Gasteiger partial charge in [-0.3, -0.25) is 4.79 Å². The number of aliphatic hydroxyl groups excluding tert-OH is 1. The Balaban J connectivity index is 1.49. The monoisotopic (exact) mass is 354 g/mol. The summed E-state index contributed by atoms with van der Waals surface area (Å²) in [6.45, 7) is 1.54. The summed E-state index contributed by atoms with van der Waals surface area (Å²) in [4.78, 5) is 14.1.